The minimum atomic E-state index is -0.233. The fourth-order valence-corrected chi connectivity index (χ4v) is 3.97. The highest BCUT2D eigenvalue weighted by atomic mass is 16.5. The lowest BCUT2D eigenvalue weighted by Crippen LogP contribution is -2.38. The number of ether oxygens (including phenoxy) is 2. The Bertz CT molecular complexity index is 630. The van der Waals surface area contributed by atoms with Gasteiger partial charge in [-0.3, -0.25) is 9.69 Å². The van der Waals surface area contributed by atoms with E-state index in [1.807, 2.05) is 24.3 Å². The minimum Gasteiger partial charge on any atom is -0.381 e. The van der Waals surface area contributed by atoms with Crippen LogP contribution in [0.15, 0.2) is 24.3 Å². The summed E-state index contributed by atoms with van der Waals surface area (Å²) in [6.07, 6.45) is 5.00. The third-order valence-corrected chi connectivity index (χ3v) is 5.55. The molecule has 6 nitrogen and oxygen atoms in total. The molecule has 4 rings (SSSR count). The van der Waals surface area contributed by atoms with Gasteiger partial charge in [-0.1, -0.05) is 24.3 Å². The van der Waals surface area contributed by atoms with E-state index in [1.54, 1.807) is 4.90 Å². The van der Waals surface area contributed by atoms with Gasteiger partial charge in [0.1, 0.15) is 6.04 Å². The standard InChI is InChI=1S/C20H26N2O4/c23-19-18-3-1-2-10-21(18)20(24)22(19)13-15-4-6-16(7-5-15)14-26-17-8-11-25-12-9-17/h4-7,17-18H,1-3,8-14H2/t18-/m0/s1. The Morgan fingerprint density at radius 2 is 1.73 bits per heavy atom. The lowest BCUT2D eigenvalue weighted by Gasteiger charge is -2.26. The highest BCUT2D eigenvalue weighted by Crippen LogP contribution is 2.27. The average molecular weight is 358 g/mol. The van der Waals surface area contributed by atoms with E-state index in [-0.39, 0.29) is 24.1 Å². The number of amides is 3. The molecule has 3 aliphatic heterocycles. The second kappa shape index (κ2) is 7.76. The van der Waals surface area contributed by atoms with Crippen LogP contribution in [-0.2, 0) is 27.4 Å². The summed E-state index contributed by atoms with van der Waals surface area (Å²) in [5.74, 6) is -0.0402. The smallest absolute Gasteiger partial charge is 0.327 e. The summed E-state index contributed by atoms with van der Waals surface area (Å²) < 4.78 is 11.3. The molecule has 1 atom stereocenters. The number of hydrogen-bond donors (Lipinski definition) is 0. The number of hydrogen-bond acceptors (Lipinski definition) is 4. The summed E-state index contributed by atoms with van der Waals surface area (Å²) in [7, 11) is 0. The summed E-state index contributed by atoms with van der Waals surface area (Å²) in [4.78, 5) is 28.2. The maximum atomic E-state index is 12.5. The summed E-state index contributed by atoms with van der Waals surface area (Å²) in [5.41, 5.74) is 2.08. The molecule has 0 N–H and O–H groups in total. The van der Waals surface area contributed by atoms with E-state index in [0.29, 0.717) is 19.7 Å². The van der Waals surface area contributed by atoms with Crippen molar-refractivity contribution in [2.75, 3.05) is 19.8 Å². The fraction of sp³-hybridized carbons (Fsp3) is 0.600. The summed E-state index contributed by atoms with van der Waals surface area (Å²) in [6, 6.07) is 7.65. The van der Waals surface area contributed by atoms with E-state index in [2.05, 4.69) is 0 Å². The Hall–Kier alpha value is -1.92. The van der Waals surface area contributed by atoms with Gasteiger partial charge in [-0.25, -0.2) is 4.79 Å². The van der Waals surface area contributed by atoms with Crippen molar-refractivity contribution in [1.82, 2.24) is 9.80 Å². The summed E-state index contributed by atoms with van der Waals surface area (Å²) in [5, 5.41) is 0. The van der Waals surface area contributed by atoms with Crippen molar-refractivity contribution >= 4 is 11.9 Å². The van der Waals surface area contributed by atoms with Gasteiger partial charge >= 0.3 is 6.03 Å². The fourth-order valence-electron chi connectivity index (χ4n) is 3.97. The van der Waals surface area contributed by atoms with Crippen molar-refractivity contribution in [2.24, 2.45) is 0 Å². The number of rotatable bonds is 5. The summed E-state index contributed by atoms with van der Waals surface area (Å²) >= 11 is 0. The van der Waals surface area contributed by atoms with Crippen molar-refractivity contribution in [1.29, 1.82) is 0 Å². The maximum Gasteiger partial charge on any atom is 0.327 e. The van der Waals surface area contributed by atoms with Gasteiger partial charge in [0.05, 0.1) is 19.3 Å². The molecule has 3 saturated heterocycles. The van der Waals surface area contributed by atoms with Crippen LogP contribution < -0.4 is 0 Å². The second-order valence-corrected chi connectivity index (χ2v) is 7.35. The molecule has 0 spiro atoms. The van der Waals surface area contributed by atoms with Crippen LogP contribution in [0.4, 0.5) is 4.79 Å². The van der Waals surface area contributed by atoms with Crippen LogP contribution >= 0.6 is 0 Å². The Morgan fingerprint density at radius 1 is 1.00 bits per heavy atom. The zero-order valence-corrected chi connectivity index (χ0v) is 15.1. The van der Waals surface area contributed by atoms with Crippen molar-refractivity contribution in [3.63, 3.8) is 0 Å². The number of urea groups is 1. The lowest BCUT2D eigenvalue weighted by molar-refractivity contribution is -0.129. The highest BCUT2D eigenvalue weighted by molar-refractivity contribution is 6.04. The molecule has 0 saturated carbocycles. The van der Waals surface area contributed by atoms with Gasteiger partial charge in [-0.15, -0.1) is 0 Å². The molecular formula is C20H26N2O4. The molecule has 1 aromatic rings. The predicted molar refractivity (Wildman–Crippen MR) is 95.4 cm³/mol. The average Bonchev–Trinajstić information content (AvgIpc) is 2.93. The SMILES string of the molecule is O=C1[C@@H]2CCCCN2C(=O)N1Cc1ccc(COC2CCOCC2)cc1. The van der Waals surface area contributed by atoms with Gasteiger partial charge in [0.15, 0.2) is 0 Å². The van der Waals surface area contributed by atoms with E-state index >= 15 is 0 Å². The number of piperidine rings is 1. The molecule has 6 heteroatoms. The summed E-state index contributed by atoms with van der Waals surface area (Å²) in [6.45, 7) is 3.20. The Labute approximate surface area is 154 Å². The van der Waals surface area contributed by atoms with Gasteiger partial charge in [0.2, 0.25) is 0 Å². The number of nitrogens with zero attached hydrogens (tertiary/aromatic N) is 2. The Morgan fingerprint density at radius 3 is 2.46 bits per heavy atom. The number of imide groups is 1. The largest absolute Gasteiger partial charge is 0.381 e. The van der Waals surface area contributed by atoms with Gasteiger partial charge in [-0.05, 0) is 43.2 Å². The molecule has 3 amide bonds. The molecule has 3 fully saturated rings. The number of carbonyl (C=O) groups is 2. The van der Waals surface area contributed by atoms with Gasteiger partial charge < -0.3 is 14.4 Å². The molecule has 3 heterocycles. The van der Waals surface area contributed by atoms with Crippen molar-refractivity contribution in [3.05, 3.63) is 35.4 Å². The van der Waals surface area contributed by atoms with Crippen LogP contribution in [0.5, 0.6) is 0 Å². The van der Waals surface area contributed by atoms with E-state index < -0.39 is 0 Å². The van der Waals surface area contributed by atoms with Crippen molar-refractivity contribution < 1.29 is 19.1 Å². The third-order valence-electron chi connectivity index (χ3n) is 5.55. The molecule has 3 aliphatic rings. The van der Waals surface area contributed by atoms with Gasteiger partial charge in [-0.2, -0.15) is 0 Å². The number of carbonyl (C=O) groups excluding carboxylic acids is 2. The first kappa shape index (κ1) is 17.5. The Kier molecular flexibility index (Phi) is 5.22. The molecule has 0 bridgehead atoms. The predicted octanol–water partition coefficient (Wildman–Crippen LogP) is 2.70. The first-order valence-electron chi connectivity index (χ1n) is 9.61. The first-order chi connectivity index (χ1) is 12.7. The normalized spacial score (nSPS) is 24.2. The van der Waals surface area contributed by atoms with E-state index in [0.717, 1.165) is 56.4 Å². The van der Waals surface area contributed by atoms with Gasteiger partial charge in [0.25, 0.3) is 5.91 Å². The molecule has 1 aromatic carbocycles. The van der Waals surface area contributed by atoms with Crippen molar-refractivity contribution in [3.8, 4) is 0 Å². The van der Waals surface area contributed by atoms with Crippen LogP contribution in [0.3, 0.4) is 0 Å². The highest BCUT2D eigenvalue weighted by Gasteiger charge is 2.45. The Balaban J connectivity index is 1.33. The van der Waals surface area contributed by atoms with Crippen LogP contribution in [0, 0.1) is 0 Å². The quantitative estimate of drug-likeness (QED) is 0.760. The van der Waals surface area contributed by atoms with E-state index in [9.17, 15) is 9.59 Å². The zero-order valence-electron chi connectivity index (χ0n) is 15.1. The van der Waals surface area contributed by atoms with Crippen LogP contribution in [0.25, 0.3) is 0 Å². The molecule has 0 unspecified atom stereocenters. The maximum absolute atomic E-state index is 12.5. The van der Waals surface area contributed by atoms with Crippen LogP contribution in [0.1, 0.15) is 43.2 Å². The van der Waals surface area contributed by atoms with Crippen molar-refractivity contribution in [2.45, 2.75) is 57.4 Å². The number of fused-ring (bicyclic) bond motifs is 1. The third kappa shape index (κ3) is 3.62. The van der Waals surface area contributed by atoms with E-state index in [4.69, 9.17) is 9.47 Å². The van der Waals surface area contributed by atoms with Crippen LogP contribution in [-0.4, -0.2) is 53.6 Å². The molecule has 26 heavy (non-hydrogen) atoms. The minimum absolute atomic E-state index is 0.0402. The monoisotopic (exact) mass is 358 g/mol. The molecular weight excluding hydrogens is 332 g/mol. The lowest BCUT2D eigenvalue weighted by atomic mass is 10.0. The molecule has 0 aromatic heterocycles. The second-order valence-electron chi connectivity index (χ2n) is 7.35. The van der Waals surface area contributed by atoms with E-state index in [1.165, 1.54) is 4.90 Å². The molecule has 140 valence electrons. The number of benzene rings is 1. The van der Waals surface area contributed by atoms with Crippen LogP contribution in [0.2, 0.25) is 0 Å². The molecule has 0 radical (unpaired) electrons. The first-order valence-corrected chi connectivity index (χ1v) is 9.61. The topological polar surface area (TPSA) is 59.1 Å². The molecule has 0 aliphatic carbocycles. The van der Waals surface area contributed by atoms with Gasteiger partial charge in [0, 0.05) is 19.8 Å². The zero-order chi connectivity index (χ0) is 17.9.